The molecule has 5 heteroatoms. The van der Waals surface area contributed by atoms with Crippen LogP contribution in [0.1, 0.15) is 15.9 Å². The number of ether oxygens (including phenoxy) is 3. The molecule has 1 N–H and O–H groups in total. The zero-order valence-corrected chi connectivity index (χ0v) is 12.9. The van der Waals surface area contributed by atoms with E-state index in [9.17, 15) is 4.79 Å². The molecule has 0 atom stereocenters. The second kappa shape index (κ2) is 7.47. The van der Waals surface area contributed by atoms with Crippen LogP contribution in [0.5, 0.6) is 11.5 Å². The van der Waals surface area contributed by atoms with Gasteiger partial charge in [0.25, 0.3) is 5.91 Å². The minimum atomic E-state index is -0.259. The van der Waals surface area contributed by atoms with E-state index in [1.165, 1.54) is 14.2 Å². The molecule has 0 aliphatic heterocycles. The van der Waals surface area contributed by atoms with Gasteiger partial charge in [-0.3, -0.25) is 4.79 Å². The van der Waals surface area contributed by atoms with Crippen LogP contribution in [0.25, 0.3) is 0 Å². The Kier molecular flexibility index (Phi) is 5.38. The third-order valence-corrected chi connectivity index (χ3v) is 3.14. The van der Waals surface area contributed by atoms with E-state index >= 15 is 0 Å². The highest BCUT2D eigenvalue weighted by Gasteiger charge is 2.16. The van der Waals surface area contributed by atoms with Crippen molar-refractivity contribution in [3.05, 3.63) is 53.6 Å². The number of nitrogens with one attached hydrogen (secondary N) is 1. The minimum Gasteiger partial charge on any atom is -0.493 e. The van der Waals surface area contributed by atoms with Gasteiger partial charge in [0.05, 0.1) is 26.4 Å². The van der Waals surface area contributed by atoms with Crippen LogP contribution in [0.3, 0.4) is 0 Å². The molecule has 5 nitrogen and oxygen atoms in total. The topological polar surface area (TPSA) is 56.8 Å². The average molecular weight is 301 g/mol. The second-order valence-corrected chi connectivity index (χ2v) is 4.63. The first-order valence-corrected chi connectivity index (χ1v) is 6.79. The van der Waals surface area contributed by atoms with Crippen molar-refractivity contribution in [2.75, 3.05) is 26.6 Å². The van der Waals surface area contributed by atoms with E-state index in [0.717, 1.165) is 5.56 Å². The van der Waals surface area contributed by atoms with Gasteiger partial charge in [-0.2, -0.15) is 0 Å². The van der Waals surface area contributed by atoms with E-state index < -0.39 is 0 Å². The number of rotatable bonds is 6. The van der Waals surface area contributed by atoms with Crippen molar-refractivity contribution in [2.45, 2.75) is 6.61 Å². The molecular formula is C17H19NO4. The first kappa shape index (κ1) is 15.9. The number of carbonyl (C=O) groups excluding carboxylic acids is 1. The number of hydrogen-bond acceptors (Lipinski definition) is 4. The summed E-state index contributed by atoms with van der Waals surface area (Å²) in [5.41, 5.74) is 2.10. The van der Waals surface area contributed by atoms with E-state index in [-0.39, 0.29) is 5.91 Å². The quantitative estimate of drug-likeness (QED) is 0.890. The van der Waals surface area contributed by atoms with Gasteiger partial charge in [0, 0.05) is 12.8 Å². The third-order valence-electron chi connectivity index (χ3n) is 3.14. The van der Waals surface area contributed by atoms with Crippen LogP contribution in [-0.4, -0.2) is 27.2 Å². The predicted molar refractivity (Wildman–Crippen MR) is 84.7 cm³/mol. The first-order chi connectivity index (χ1) is 10.7. The molecule has 1 amide bonds. The largest absolute Gasteiger partial charge is 0.493 e. The molecule has 0 heterocycles. The van der Waals surface area contributed by atoms with Gasteiger partial charge in [-0.1, -0.05) is 18.2 Å². The molecule has 0 aliphatic carbocycles. The van der Waals surface area contributed by atoms with Crippen LogP contribution in [0.4, 0.5) is 5.69 Å². The van der Waals surface area contributed by atoms with E-state index in [4.69, 9.17) is 14.2 Å². The van der Waals surface area contributed by atoms with Gasteiger partial charge in [0.1, 0.15) is 0 Å². The Morgan fingerprint density at radius 2 is 1.82 bits per heavy atom. The van der Waals surface area contributed by atoms with E-state index in [2.05, 4.69) is 5.32 Å². The molecule has 0 spiro atoms. The maximum atomic E-state index is 12.5. The van der Waals surface area contributed by atoms with Crippen LogP contribution in [-0.2, 0) is 11.3 Å². The van der Waals surface area contributed by atoms with Crippen LogP contribution in [0, 0.1) is 0 Å². The fraction of sp³-hybridized carbons (Fsp3) is 0.235. The molecule has 22 heavy (non-hydrogen) atoms. The van der Waals surface area contributed by atoms with Crippen molar-refractivity contribution < 1.29 is 19.0 Å². The maximum Gasteiger partial charge on any atom is 0.259 e. The van der Waals surface area contributed by atoms with Gasteiger partial charge >= 0.3 is 0 Å². The molecule has 0 unspecified atom stereocenters. The van der Waals surface area contributed by atoms with Crippen LogP contribution in [0.15, 0.2) is 42.5 Å². The fourth-order valence-electron chi connectivity index (χ4n) is 2.17. The highest BCUT2D eigenvalue weighted by molar-refractivity contribution is 6.06. The SMILES string of the molecule is COCc1cccc(NC(=O)c2cccc(OC)c2OC)c1. The molecule has 2 aromatic carbocycles. The first-order valence-electron chi connectivity index (χ1n) is 6.79. The molecule has 0 saturated heterocycles. The second-order valence-electron chi connectivity index (χ2n) is 4.63. The Bertz CT molecular complexity index is 655. The highest BCUT2D eigenvalue weighted by Crippen LogP contribution is 2.31. The standard InChI is InChI=1S/C17H19NO4/c1-20-11-12-6-4-7-13(10-12)18-17(19)14-8-5-9-15(21-2)16(14)22-3/h4-10H,11H2,1-3H3,(H,18,19). The number of amides is 1. The lowest BCUT2D eigenvalue weighted by Gasteiger charge is -2.13. The number of anilines is 1. The summed E-state index contributed by atoms with van der Waals surface area (Å²) < 4.78 is 15.6. The molecule has 0 bridgehead atoms. The van der Waals surface area contributed by atoms with E-state index in [0.29, 0.717) is 29.4 Å². The lowest BCUT2D eigenvalue weighted by molar-refractivity contribution is 0.102. The van der Waals surface area contributed by atoms with Crippen molar-refractivity contribution in [2.24, 2.45) is 0 Å². The molecule has 116 valence electrons. The molecule has 2 aromatic rings. The van der Waals surface area contributed by atoms with Gasteiger partial charge in [0.15, 0.2) is 11.5 Å². The number of methoxy groups -OCH3 is 3. The summed E-state index contributed by atoms with van der Waals surface area (Å²) in [7, 11) is 4.67. The van der Waals surface area contributed by atoms with E-state index in [1.807, 2.05) is 24.3 Å². The summed E-state index contributed by atoms with van der Waals surface area (Å²) in [5, 5.41) is 2.85. The summed E-state index contributed by atoms with van der Waals surface area (Å²) in [6, 6.07) is 12.7. The predicted octanol–water partition coefficient (Wildman–Crippen LogP) is 3.10. The summed E-state index contributed by atoms with van der Waals surface area (Å²) >= 11 is 0. The summed E-state index contributed by atoms with van der Waals surface area (Å²) in [6.45, 7) is 0.492. The van der Waals surface area contributed by atoms with Crippen molar-refractivity contribution in [3.63, 3.8) is 0 Å². The van der Waals surface area contributed by atoms with Crippen molar-refractivity contribution in [1.82, 2.24) is 0 Å². The molecule has 0 radical (unpaired) electrons. The Labute approximate surface area is 129 Å². The van der Waals surface area contributed by atoms with Crippen LogP contribution >= 0.6 is 0 Å². The van der Waals surface area contributed by atoms with Gasteiger partial charge in [0.2, 0.25) is 0 Å². The number of hydrogen-bond donors (Lipinski definition) is 1. The van der Waals surface area contributed by atoms with E-state index in [1.54, 1.807) is 25.3 Å². The molecule has 0 fully saturated rings. The third kappa shape index (κ3) is 3.56. The molecule has 2 rings (SSSR count). The zero-order chi connectivity index (χ0) is 15.9. The molecule has 0 aromatic heterocycles. The Balaban J connectivity index is 2.24. The summed E-state index contributed by atoms with van der Waals surface area (Å²) in [4.78, 5) is 12.5. The van der Waals surface area contributed by atoms with Gasteiger partial charge in [-0.05, 0) is 29.8 Å². The van der Waals surface area contributed by atoms with Crippen molar-refractivity contribution in [1.29, 1.82) is 0 Å². The molecular weight excluding hydrogens is 282 g/mol. The zero-order valence-electron chi connectivity index (χ0n) is 12.9. The number of carbonyl (C=O) groups is 1. The minimum absolute atomic E-state index is 0.259. The fourth-order valence-corrected chi connectivity index (χ4v) is 2.17. The van der Waals surface area contributed by atoms with Gasteiger partial charge < -0.3 is 19.5 Å². The molecule has 0 saturated carbocycles. The number of benzene rings is 2. The van der Waals surface area contributed by atoms with Gasteiger partial charge in [-0.15, -0.1) is 0 Å². The van der Waals surface area contributed by atoms with Crippen molar-refractivity contribution in [3.8, 4) is 11.5 Å². The van der Waals surface area contributed by atoms with Crippen molar-refractivity contribution >= 4 is 11.6 Å². The van der Waals surface area contributed by atoms with Crippen LogP contribution in [0.2, 0.25) is 0 Å². The Hall–Kier alpha value is -2.53. The molecule has 0 aliphatic rings. The van der Waals surface area contributed by atoms with Gasteiger partial charge in [-0.25, -0.2) is 0 Å². The summed E-state index contributed by atoms with van der Waals surface area (Å²) in [6.07, 6.45) is 0. The lowest BCUT2D eigenvalue weighted by Crippen LogP contribution is -2.13. The highest BCUT2D eigenvalue weighted by atomic mass is 16.5. The monoisotopic (exact) mass is 301 g/mol. The number of para-hydroxylation sites is 1. The van der Waals surface area contributed by atoms with Crippen LogP contribution < -0.4 is 14.8 Å². The summed E-state index contributed by atoms with van der Waals surface area (Å²) in [5.74, 6) is 0.671. The maximum absolute atomic E-state index is 12.5. The smallest absolute Gasteiger partial charge is 0.259 e. The normalized spacial score (nSPS) is 10.1. The Morgan fingerprint density at radius 1 is 1.05 bits per heavy atom. The lowest BCUT2D eigenvalue weighted by atomic mass is 10.1. The Morgan fingerprint density at radius 3 is 2.50 bits per heavy atom. The average Bonchev–Trinajstić information content (AvgIpc) is 2.54.